The molecule has 4 heteroatoms. The smallest absolute Gasteiger partial charge is 0.0554 e. The highest BCUT2D eigenvalue weighted by Gasteiger charge is 2.21. The van der Waals surface area contributed by atoms with Gasteiger partial charge in [0.1, 0.15) is 0 Å². The Morgan fingerprint density at radius 2 is 0.720 bits per heavy atom. The van der Waals surface area contributed by atoms with E-state index >= 15 is 0 Å². The van der Waals surface area contributed by atoms with Crippen LogP contribution in [0.15, 0.2) is 182 Å². The van der Waals surface area contributed by atoms with Crippen molar-refractivity contribution in [2.24, 2.45) is 0 Å². The average molecular weight is 675 g/mol. The zero-order valence-corrected chi connectivity index (χ0v) is 28.7. The maximum absolute atomic E-state index is 2.44. The average Bonchev–Trinajstić information content (AvgIpc) is 3.74. The van der Waals surface area contributed by atoms with E-state index in [2.05, 4.69) is 192 Å². The van der Waals surface area contributed by atoms with Crippen molar-refractivity contribution < 1.29 is 0 Å². The number of nitrogens with zero attached hydrogens (tertiary/aromatic N) is 2. The van der Waals surface area contributed by atoms with Gasteiger partial charge in [-0.2, -0.15) is 0 Å². The molecular formula is C46H30N2S2. The summed E-state index contributed by atoms with van der Waals surface area (Å²) in [5.74, 6) is 0. The highest BCUT2D eigenvalue weighted by atomic mass is 32.1. The first-order chi connectivity index (χ1) is 24.8. The number of thiophene rings is 2. The topological polar surface area (TPSA) is 6.48 Å². The SMILES string of the molecule is c1ccc(N(c2ccccc2)c2ccc3sc4ccc(N(c5ccccc5)c5cc6sc7ccccc7c6c6ccccc56)cc4c3c2)cc1. The lowest BCUT2D eigenvalue weighted by Crippen LogP contribution is -2.10. The van der Waals surface area contributed by atoms with Crippen molar-refractivity contribution in [3.05, 3.63) is 182 Å². The second-order valence-corrected chi connectivity index (χ2v) is 14.7. The maximum atomic E-state index is 2.44. The largest absolute Gasteiger partial charge is 0.310 e. The van der Waals surface area contributed by atoms with Gasteiger partial charge in [0.15, 0.2) is 0 Å². The fourth-order valence-electron chi connectivity index (χ4n) is 7.39. The summed E-state index contributed by atoms with van der Waals surface area (Å²) in [5.41, 5.74) is 6.87. The molecule has 8 aromatic carbocycles. The monoisotopic (exact) mass is 674 g/mol. The number of anilines is 6. The minimum atomic E-state index is 1.14. The Morgan fingerprint density at radius 1 is 0.280 bits per heavy atom. The Labute approximate surface area is 298 Å². The number of para-hydroxylation sites is 3. The van der Waals surface area contributed by atoms with Crippen LogP contribution in [0.2, 0.25) is 0 Å². The molecule has 0 aliphatic rings. The van der Waals surface area contributed by atoms with Gasteiger partial charge in [-0.3, -0.25) is 0 Å². The highest BCUT2D eigenvalue weighted by molar-refractivity contribution is 7.26. The van der Waals surface area contributed by atoms with Gasteiger partial charge in [-0.1, -0.05) is 97.1 Å². The molecule has 0 saturated heterocycles. The van der Waals surface area contributed by atoms with Gasteiger partial charge in [-0.15, -0.1) is 22.7 Å². The van der Waals surface area contributed by atoms with Crippen LogP contribution in [0.5, 0.6) is 0 Å². The molecule has 0 unspecified atom stereocenters. The van der Waals surface area contributed by atoms with E-state index in [1.165, 1.54) is 56.8 Å². The number of hydrogen-bond donors (Lipinski definition) is 0. The van der Waals surface area contributed by atoms with E-state index in [0.717, 1.165) is 28.4 Å². The molecule has 0 aliphatic carbocycles. The van der Waals surface area contributed by atoms with Crippen molar-refractivity contribution in [2.45, 2.75) is 0 Å². The minimum absolute atomic E-state index is 1.14. The van der Waals surface area contributed by atoms with Crippen LogP contribution in [0.25, 0.3) is 51.1 Å². The Bertz CT molecular complexity index is 2780. The maximum Gasteiger partial charge on any atom is 0.0554 e. The number of fused-ring (bicyclic) bond motifs is 8. The first-order valence-electron chi connectivity index (χ1n) is 16.8. The molecule has 10 aromatic rings. The lowest BCUT2D eigenvalue weighted by Gasteiger charge is -2.27. The summed E-state index contributed by atoms with van der Waals surface area (Å²) in [4.78, 5) is 4.79. The summed E-state index contributed by atoms with van der Waals surface area (Å²) >= 11 is 3.73. The Balaban J connectivity index is 1.20. The van der Waals surface area contributed by atoms with Crippen molar-refractivity contribution >= 4 is 108 Å². The Hall–Kier alpha value is -5.94. The molecule has 0 spiro atoms. The van der Waals surface area contributed by atoms with Gasteiger partial charge in [0.2, 0.25) is 0 Å². The van der Waals surface area contributed by atoms with Crippen LogP contribution >= 0.6 is 22.7 Å². The van der Waals surface area contributed by atoms with Crippen molar-refractivity contribution in [3.8, 4) is 0 Å². The molecule has 0 saturated carbocycles. The lowest BCUT2D eigenvalue weighted by molar-refractivity contribution is 1.29. The molecule has 2 aromatic heterocycles. The predicted octanol–water partition coefficient (Wildman–Crippen LogP) is 14.5. The van der Waals surface area contributed by atoms with Crippen LogP contribution in [-0.4, -0.2) is 0 Å². The van der Waals surface area contributed by atoms with E-state index in [4.69, 9.17) is 0 Å². The van der Waals surface area contributed by atoms with Crippen molar-refractivity contribution in [1.29, 1.82) is 0 Å². The van der Waals surface area contributed by atoms with Crippen LogP contribution in [0, 0.1) is 0 Å². The molecule has 0 fully saturated rings. The molecule has 236 valence electrons. The van der Waals surface area contributed by atoms with Crippen molar-refractivity contribution in [1.82, 2.24) is 0 Å². The van der Waals surface area contributed by atoms with Crippen LogP contribution in [0.1, 0.15) is 0 Å². The van der Waals surface area contributed by atoms with Gasteiger partial charge < -0.3 is 9.80 Å². The van der Waals surface area contributed by atoms with Crippen LogP contribution in [0.4, 0.5) is 34.1 Å². The fraction of sp³-hybridized carbons (Fsp3) is 0. The quantitative estimate of drug-likeness (QED) is 0.173. The van der Waals surface area contributed by atoms with Gasteiger partial charge in [0.25, 0.3) is 0 Å². The van der Waals surface area contributed by atoms with Gasteiger partial charge >= 0.3 is 0 Å². The Morgan fingerprint density at radius 3 is 1.32 bits per heavy atom. The standard InChI is InChI=1S/C46H30N2S2/c1-4-14-31(15-5-1)47(32-16-6-2-7-17-32)34-24-26-43-39(28-34)40-29-35(25-27-44(40)49-43)48(33-18-8-3-9-19-33)41-30-45-46(37-21-11-10-20-36(37)41)38-22-12-13-23-42(38)50-45/h1-30H. The van der Waals surface area contributed by atoms with E-state index in [0.29, 0.717) is 0 Å². The van der Waals surface area contributed by atoms with E-state index in [-0.39, 0.29) is 0 Å². The molecule has 2 nitrogen and oxygen atoms in total. The summed E-state index contributed by atoms with van der Waals surface area (Å²) in [6.07, 6.45) is 0. The van der Waals surface area contributed by atoms with Gasteiger partial charge in [-0.05, 0) is 90.3 Å². The highest BCUT2D eigenvalue weighted by Crippen LogP contribution is 2.48. The normalized spacial score (nSPS) is 11.6. The van der Waals surface area contributed by atoms with Crippen LogP contribution < -0.4 is 9.80 Å². The van der Waals surface area contributed by atoms with Crippen molar-refractivity contribution in [2.75, 3.05) is 9.80 Å². The molecule has 0 aliphatic heterocycles. The molecular weight excluding hydrogens is 645 g/mol. The summed E-state index contributed by atoms with van der Waals surface area (Å²) < 4.78 is 5.18. The van der Waals surface area contributed by atoms with E-state index in [9.17, 15) is 0 Å². The van der Waals surface area contributed by atoms with Gasteiger partial charge in [-0.25, -0.2) is 0 Å². The van der Waals surface area contributed by atoms with Gasteiger partial charge in [0, 0.05) is 74.2 Å². The third-order valence-electron chi connectivity index (χ3n) is 9.60. The lowest BCUT2D eigenvalue weighted by atomic mass is 10.0. The molecule has 10 rings (SSSR count). The number of hydrogen-bond acceptors (Lipinski definition) is 4. The molecule has 50 heavy (non-hydrogen) atoms. The zero-order valence-electron chi connectivity index (χ0n) is 27.0. The second kappa shape index (κ2) is 11.9. The Kier molecular flexibility index (Phi) is 6.90. The minimum Gasteiger partial charge on any atom is -0.310 e. The third-order valence-corrected chi connectivity index (χ3v) is 11.9. The zero-order chi connectivity index (χ0) is 33.0. The third kappa shape index (κ3) is 4.76. The molecule has 0 amide bonds. The summed E-state index contributed by atoms with van der Waals surface area (Å²) in [5, 5.41) is 7.71. The molecule has 0 radical (unpaired) electrons. The van der Waals surface area contributed by atoms with Gasteiger partial charge in [0.05, 0.1) is 5.69 Å². The summed E-state index contributed by atoms with van der Waals surface area (Å²) in [6.45, 7) is 0. The predicted molar refractivity (Wildman–Crippen MR) is 219 cm³/mol. The van der Waals surface area contributed by atoms with Crippen LogP contribution in [0.3, 0.4) is 0 Å². The fourth-order valence-corrected chi connectivity index (χ4v) is 9.62. The van der Waals surface area contributed by atoms with E-state index in [1.54, 1.807) is 0 Å². The first kappa shape index (κ1) is 29.0. The first-order valence-corrected chi connectivity index (χ1v) is 18.5. The van der Waals surface area contributed by atoms with Crippen molar-refractivity contribution in [3.63, 3.8) is 0 Å². The number of rotatable bonds is 6. The molecule has 0 N–H and O–H groups in total. The summed E-state index contributed by atoms with van der Waals surface area (Å²) in [6, 6.07) is 66.0. The molecule has 0 bridgehead atoms. The second-order valence-electron chi connectivity index (χ2n) is 12.6. The van der Waals surface area contributed by atoms with Crippen LogP contribution in [-0.2, 0) is 0 Å². The molecule has 0 atom stereocenters. The molecule has 2 heterocycles. The number of benzene rings is 8. The van der Waals surface area contributed by atoms with E-state index < -0.39 is 0 Å². The summed E-state index contributed by atoms with van der Waals surface area (Å²) in [7, 11) is 0. The van der Waals surface area contributed by atoms with E-state index in [1.807, 2.05) is 22.7 Å².